The van der Waals surface area contributed by atoms with Crippen molar-refractivity contribution in [3.05, 3.63) is 45.7 Å². The smallest absolute Gasteiger partial charge is 0.267 e. The Morgan fingerprint density at radius 3 is 2.50 bits per heavy atom. The first-order chi connectivity index (χ1) is 18.4. The number of para-hydroxylation sites is 1. The minimum Gasteiger partial charge on any atom is -0.379 e. The molecule has 1 aromatic carbocycles. The predicted molar refractivity (Wildman–Crippen MR) is 150 cm³/mol. The highest BCUT2D eigenvalue weighted by Gasteiger charge is 2.21. The van der Waals surface area contributed by atoms with Gasteiger partial charge in [-0.2, -0.15) is 15.0 Å². The number of benzene rings is 1. The van der Waals surface area contributed by atoms with Crippen LogP contribution in [-0.2, 0) is 4.74 Å². The highest BCUT2D eigenvalue weighted by Crippen LogP contribution is 2.28. The maximum absolute atomic E-state index is 12.8. The number of aromatic nitrogens is 4. The van der Waals surface area contributed by atoms with Gasteiger partial charge in [0.1, 0.15) is 10.7 Å². The second kappa shape index (κ2) is 12.3. The number of rotatable bonds is 8. The number of thiazole rings is 1. The molecular formula is C25H32ClN9O2S. The lowest BCUT2D eigenvalue weighted by Crippen LogP contribution is -2.50. The first kappa shape index (κ1) is 26.7. The van der Waals surface area contributed by atoms with E-state index in [-0.39, 0.29) is 5.91 Å². The summed E-state index contributed by atoms with van der Waals surface area (Å²) < 4.78 is 5.44. The number of halogens is 1. The van der Waals surface area contributed by atoms with Gasteiger partial charge in [-0.1, -0.05) is 35.1 Å². The van der Waals surface area contributed by atoms with Crippen molar-refractivity contribution in [1.82, 2.24) is 29.7 Å². The maximum atomic E-state index is 12.8. The number of hydrogen-bond donors (Lipinski definition) is 2. The van der Waals surface area contributed by atoms with Crippen molar-refractivity contribution in [2.45, 2.75) is 13.8 Å². The van der Waals surface area contributed by atoms with Gasteiger partial charge >= 0.3 is 0 Å². The number of nitrogens with one attached hydrogen (secondary N) is 2. The van der Waals surface area contributed by atoms with Gasteiger partial charge in [-0.15, -0.1) is 0 Å². The van der Waals surface area contributed by atoms with E-state index in [0.29, 0.717) is 38.4 Å². The number of amides is 1. The molecule has 2 fully saturated rings. The zero-order valence-corrected chi connectivity index (χ0v) is 23.2. The van der Waals surface area contributed by atoms with Crippen molar-refractivity contribution in [3.63, 3.8) is 0 Å². The van der Waals surface area contributed by atoms with Crippen LogP contribution in [-0.4, -0.2) is 101 Å². The van der Waals surface area contributed by atoms with E-state index in [0.717, 1.165) is 71.1 Å². The number of carbonyl (C=O) groups is 1. The Hall–Kier alpha value is -2.90. The van der Waals surface area contributed by atoms with Gasteiger partial charge in [-0.3, -0.25) is 19.9 Å². The summed E-state index contributed by atoms with van der Waals surface area (Å²) in [6.45, 7) is 13.2. The molecule has 0 radical (unpaired) electrons. The normalized spacial score (nSPS) is 17.0. The molecule has 2 aliphatic rings. The number of piperazine rings is 1. The lowest BCUT2D eigenvalue weighted by Gasteiger charge is -2.36. The summed E-state index contributed by atoms with van der Waals surface area (Å²) in [5.74, 6) is 1.41. The van der Waals surface area contributed by atoms with Crippen molar-refractivity contribution >= 4 is 51.6 Å². The molecule has 0 atom stereocenters. The van der Waals surface area contributed by atoms with Crippen molar-refractivity contribution in [3.8, 4) is 0 Å². The Morgan fingerprint density at radius 2 is 1.76 bits per heavy atom. The van der Waals surface area contributed by atoms with Gasteiger partial charge in [-0.25, -0.2) is 4.98 Å². The van der Waals surface area contributed by atoms with Crippen LogP contribution in [0.4, 0.5) is 22.7 Å². The van der Waals surface area contributed by atoms with E-state index in [1.165, 1.54) is 17.5 Å². The van der Waals surface area contributed by atoms with Gasteiger partial charge in [0.2, 0.25) is 11.9 Å². The fourth-order valence-corrected chi connectivity index (χ4v) is 5.42. The monoisotopic (exact) mass is 557 g/mol. The summed E-state index contributed by atoms with van der Waals surface area (Å²) in [7, 11) is 0. The van der Waals surface area contributed by atoms with Crippen LogP contribution in [0.1, 0.15) is 21.1 Å². The van der Waals surface area contributed by atoms with Crippen molar-refractivity contribution in [1.29, 1.82) is 0 Å². The lowest BCUT2D eigenvalue weighted by atomic mass is 10.2. The maximum Gasteiger partial charge on any atom is 0.267 e. The molecule has 11 nitrogen and oxygen atoms in total. The Morgan fingerprint density at radius 1 is 1.03 bits per heavy atom. The molecule has 0 aliphatic carbocycles. The SMILES string of the molecule is Cc1nc(Nc2ncc(C(=O)Nc3c(C)cccc3Cl)s2)nc(N2CCN(CCN3CCOCC3)CC2)n1. The van der Waals surface area contributed by atoms with E-state index in [9.17, 15) is 4.79 Å². The predicted octanol–water partition coefficient (Wildman–Crippen LogP) is 3.05. The van der Waals surface area contributed by atoms with Crippen LogP contribution in [0.3, 0.4) is 0 Å². The summed E-state index contributed by atoms with van der Waals surface area (Å²) in [6.07, 6.45) is 1.53. The highest BCUT2D eigenvalue weighted by molar-refractivity contribution is 7.17. The quantitative estimate of drug-likeness (QED) is 0.428. The van der Waals surface area contributed by atoms with E-state index in [1.54, 1.807) is 6.07 Å². The molecule has 3 aromatic rings. The van der Waals surface area contributed by atoms with E-state index in [1.807, 2.05) is 26.0 Å². The fraction of sp³-hybridized carbons (Fsp3) is 0.480. The molecule has 2 aliphatic heterocycles. The Bertz CT molecular complexity index is 1240. The molecule has 2 aromatic heterocycles. The summed E-state index contributed by atoms with van der Waals surface area (Å²) in [5.41, 5.74) is 1.49. The minimum absolute atomic E-state index is 0.272. The first-order valence-electron chi connectivity index (χ1n) is 12.7. The van der Waals surface area contributed by atoms with Crippen LogP contribution < -0.4 is 15.5 Å². The molecule has 202 valence electrons. The number of hydrogen-bond acceptors (Lipinski definition) is 11. The van der Waals surface area contributed by atoms with Gasteiger partial charge in [0.15, 0.2) is 5.13 Å². The number of ether oxygens (including phenoxy) is 1. The Labute approximate surface area is 231 Å². The molecule has 2 saturated heterocycles. The highest BCUT2D eigenvalue weighted by atomic mass is 35.5. The average molecular weight is 558 g/mol. The topological polar surface area (TPSA) is 112 Å². The van der Waals surface area contributed by atoms with E-state index in [2.05, 4.69) is 45.3 Å². The zero-order chi connectivity index (χ0) is 26.5. The summed E-state index contributed by atoms with van der Waals surface area (Å²) in [4.78, 5) is 38.4. The number of morpholine rings is 1. The van der Waals surface area contributed by atoms with Crippen LogP contribution in [0.2, 0.25) is 5.02 Å². The van der Waals surface area contributed by atoms with Crippen molar-refractivity contribution in [2.24, 2.45) is 0 Å². The molecule has 0 saturated carbocycles. The van der Waals surface area contributed by atoms with Crippen LogP contribution in [0.15, 0.2) is 24.4 Å². The number of nitrogens with zero attached hydrogens (tertiary/aromatic N) is 7. The lowest BCUT2D eigenvalue weighted by molar-refractivity contribution is 0.0331. The molecule has 2 N–H and O–H groups in total. The molecule has 4 heterocycles. The van der Waals surface area contributed by atoms with Gasteiger partial charge in [-0.05, 0) is 25.5 Å². The molecular weight excluding hydrogens is 526 g/mol. The molecule has 13 heteroatoms. The molecule has 1 amide bonds. The van der Waals surface area contributed by atoms with E-state index in [4.69, 9.17) is 16.3 Å². The van der Waals surface area contributed by atoms with Gasteiger partial charge in [0, 0.05) is 52.4 Å². The van der Waals surface area contributed by atoms with Crippen LogP contribution in [0.5, 0.6) is 0 Å². The first-order valence-corrected chi connectivity index (χ1v) is 13.9. The summed E-state index contributed by atoms with van der Waals surface area (Å²) in [6, 6.07) is 5.49. The summed E-state index contributed by atoms with van der Waals surface area (Å²) in [5, 5.41) is 7.03. The van der Waals surface area contributed by atoms with Crippen molar-refractivity contribution < 1.29 is 9.53 Å². The third kappa shape index (κ3) is 6.75. The molecule has 38 heavy (non-hydrogen) atoms. The van der Waals surface area contributed by atoms with Crippen molar-refractivity contribution in [2.75, 3.05) is 81.1 Å². The number of aryl methyl sites for hydroxylation is 2. The van der Waals surface area contributed by atoms with E-state index >= 15 is 0 Å². The Balaban J connectivity index is 1.17. The average Bonchev–Trinajstić information content (AvgIpc) is 3.39. The minimum atomic E-state index is -0.272. The molecule has 0 spiro atoms. The number of carbonyl (C=O) groups excluding carboxylic acids is 1. The number of anilines is 4. The molecule has 0 unspecified atom stereocenters. The van der Waals surface area contributed by atoms with Crippen LogP contribution in [0, 0.1) is 13.8 Å². The second-order valence-corrected chi connectivity index (χ2v) is 10.8. The largest absolute Gasteiger partial charge is 0.379 e. The standard InChI is InChI=1S/C25H32ClN9O2S/c1-17-4-3-5-19(26)21(17)30-22(36)20-16-27-25(38-20)32-23-28-18(2)29-24(31-23)35-10-8-33(9-11-35)6-7-34-12-14-37-15-13-34/h3-5,16H,6-15H2,1-2H3,(H,30,36)(H,27,28,29,31,32). The van der Waals surface area contributed by atoms with Crippen LogP contribution >= 0.6 is 22.9 Å². The second-order valence-electron chi connectivity index (χ2n) is 9.33. The van der Waals surface area contributed by atoms with Gasteiger partial charge in [0.25, 0.3) is 5.91 Å². The molecule has 0 bridgehead atoms. The summed E-state index contributed by atoms with van der Waals surface area (Å²) >= 11 is 7.47. The third-order valence-electron chi connectivity index (χ3n) is 6.64. The van der Waals surface area contributed by atoms with Gasteiger partial charge in [0.05, 0.1) is 30.1 Å². The Kier molecular flexibility index (Phi) is 8.65. The van der Waals surface area contributed by atoms with E-state index < -0.39 is 0 Å². The third-order valence-corrected chi connectivity index (χ3v) is 7.86. The van der Waals surface area contributed by atoms with Gasteiger partial charge < -0.3 is 15.0 Å². The van der Waals surface area contributed by atoms with Crippen LogP contribution in [0.25, 0.3) is 0 Å². The molecule has 5 rings (SSSR count). The fourth-order valence-electron chi connectivity index (χ4n) is 4.44. The zero-order valence-electron chi connectivity index (χ0n) is 21.6.